The van der Waals surface area contributed by atoms with Crippen LogP contribution in [-0.4, -0.2) is 31.8 Å². The number of rotatable bonds is 4. The van der Waals surface area contributed by atoms with Crippen molar-refractivity contribution in [3.63, 3.8) is 0 Å². The third kappa shape index (κ3) is 3.83. The average Bonchev–Trinajstić information content (AvgIpc) is 2.47. The molecule has 1 aliphatic rings. The summed E-state index contributed by atoms with van der Waals surface area (Å²) in [5.74, 6) is -0.0985. The van der Waals surface area contributed by atoms with Crippen LogP contribution in [0.25, 0.3) is 0 Å². The molecule has 0 saturated carbocycles. The Morgan fingerprint density at radius 3 is 2.81 bits per heavy atom. The molecule has 1 aliphatic heterocycles. The zero-order valence-corrected chi connectivity index (χ0v) is 13.1. The second-order valence-corrected chi connectivity index (χ2v) is 7.07. The van der Waals surface area contributed by atoms with Gasteiger partial charge in [-0.25, -0.2) is 13.6 Å². The quantitative estimate of drug-likeness (QED) is 0.925. The minimum Gasteiger partial charge on any atom is -0.336 e. The highest BCUT2D eigenvalue weighted by Crippen LogP contribution is 2.23. The Morgan fingerprint density at radius 1 is 1.38 bits per heavy atom. The summed E-state index contributed by atoms with van der Waals surface area (Å²) >= 11 is 0. The zero-order chi connectivity index (χ0) is 15.5. The van der Waals surface area contributed by atoms with Crippen molar-refractivity contribution in [3.8, 4) is 0 Å². The summed E-state index contributed by atoms with van der Waals surface area (Å²) in [4.78, 5) is 14.5. The van der Waals surface area contributed by atoms with E-state index in [4.69, 9.17) is 5.14 Å². The van der Waals surface area contributed by atoms with E-state index in [1.807, 2.05) is 4.90 Å². The number of hydrogen-bond donors (Lipinski definition) is 1. The van der Waals surface area contributed by atoms with Crippen molar-refractivity contribution in [2.75, 3.05) is 6.54 Å². The van der Waals surface area contributed by atoms with Crippen molar-refractivity contribution >= 4 is 15.9 Å². The summed E-state index contributed by atoms with van der Waals surface area (Å²) in [5.41, 5.74) is 0.393. The summed E-state index contributed by atoms with van der Waals surface area (Å²) in [6.07, 6.45) is 5.19. The van der Waals surface area contributed by atoms with Gasteiger partial charge >= 0.3 is 0 Å². The molecule has 21 heavy (non-hydrogen) atoms. The highest BCUT2D eigenvalue weighted by atomic mass is 32.2. The molecule has 1 amide bonds. The lowest BCUT2D eigenvalue weighted by molar-refractivity contribution is 0.0600. The molecule has 1 aromatic carbocycles. The number of hydrogen-bond acceptors (Lipinski definition) is 3. The van der Waals surface area contributed by atoms with E-state index in [1.165, 1.54) is 12.1 Å². The van der Waals surface area contributed by atoms with Crippen LogP contribution in [0.2, 0.25) is 0 Å². The SMILES string of the molecule is CCCC1CCCCN1C(=O)c1cccc(S(N)(=O)=O)c1. The third-order valence-corrected chi connectivity index (χ3v) is 4.83. The second kappa shape index (κ2) is 6.58. The predicted molar refractivity (Wildman–Crippen MR) is 81.4 cm³/mol. The van der Waals surface area contributed by atoms with Crippen molar-refractivity contribution in [2.45, 2.75) is 50.0 Å². The van der Waals surface area contributed by atoms with Crippen LogP contribution < -0.4 is 5.14 Å². The Labute approximate surface area is 126 Å². The molecule has 1 aromatic rings. The van der Waals surface area contributed by atoms with Crippen LogP contribution in [0.15, 0.2) is 29.2 Å². The number of nitrogens with two attached hydrogens (primary N) is 1. The number of primary sulfonamides is 1. The van der Waals surface area contributed by atoms with Crippen molar-refractivity contribution in [2.24, 2.45) is 5.14 Å². The molecule has 1 fully saturated rings. The van der Waals surface area contributed by atoms with E-state index in [2.05, 4.69) is 6.92 Å². The average molecular weight is 310 g/mol. The van der Waals surface area contributed by atoms with Gasteiger partial charge in [-0.1, -0.05) is 19.4 Å². The minimum atomic E-state index is -3.78. The van der Waals surface area contributed by atoms with Crippen molar-refractivity contribution in [3.05, 3.63) is 29.8 Å². The minimum absolute atomic E-state index is 0.0163. The number of amides is 1. The van der Waals surface area contributed by atoms with E-state index >= 15 is 0 Å². The Hall–Kier alpha value is -1.40. The number of likely N-dealkylation sites (tertiary alicyclic amines) is 1. The van der Waals surface area contributed by atoms with Crippen LogP contribution in [0.4, 0.5) is 0 Å². The largest absolute Gasteiger partial charge is 0.336 e. The number of piperidine rings is 1. The van der Waals surface area contributed by atoms with E-state index < -0.39 is 10.0 Å². The maximum absolute atomic E-state index is 12.7. The van der Waals surface area contributed by atoms with Crippen molar-refractivity contribution < 1.29 is 13.2 Å². The van der Waals surface area contributed by atoms with E-state index in [9.17, 15) is 13.2 Å². The van der Waals surface area contributed by atoms with Gasteiger partial charge in [0.15, 0.2) is 0 Å². The van der Waals surface area contributed by atoms with Crippen LogP contribution in [0, 0.1) is 0 Å². The summed E-state index contributed by atoms with van der Waals surface area (Å²) in [5, 5.41) is 5.13. The molecule has 116 valence electrons. The Kier molecular flexibility index (Phi) is 5.00. The van der Waals surface area contributed by atoms with Crippen LogP contribution >= 0.6 is 0 Å². The second-order valence-electron chi connectivity index (χ2n) is 5.51. The van der Waals surface area contributed by atoms with Crippen LogP contribution in [0.1, 0.15) is 49.4 Å². The van der Waals surface area contributed by atoms with Gasteiger partial charge in [0.05, 0.1) is 4.90 Å². The monoisotopic (exact) mass is 310 g/mol. The van der Waals surface area contributed by atoms with Gasteiger partial charge in [0, 0.05) is 18.2 Å². The molecule has 0 aliphatic carbocycles. The topological polar surface area (TPSA) is 80.5 Å². The highest BCUT2D eigenvalue weighted by Gasteiger charge is 2.27. The highest BCUT2D eigenvalue weighted by molar-refractivity contribution is 7.89. The molecule has 1 unspecified atom stereocenters. The van der Waals surface area contributed by atoms with Gasteiger partial charge in [0.1, 0.15) is 0 Å². The van der Waals surface area contributed by atoms with Gasteiger partial charge in [-0.3, -0.25) is 4.79 Å². The van der Waals surface area contributed by atoms with Gasteiger partial charge in [0.2, 0.25) is 10.0 Å². The van der Waals surface area contributed by atoms with Crippen molar-refractivity contribution in [1.82, 2.24) is 4.90 Å². The fraction of sp³-hybridized carbons (Fsp3) is 0.533. The van der Waals surface area contributed by atoms with E-state index in [0.717, 1.165) is 38.6 Å². The van der Waals surface area contributed by atoms with E-state index in [-0.39, 0.29) is 16.8 Å². The third-order valence-electron chi connectivity index (χ3n) is 3.92. The summed E-state index contributed by atoms with van der Waals surface area (Å²) in [6.45, 7) is 2.85. The molecule has 1 atom stereocenters. The molecular weight excluding hydrogens is 288 g/mol. The normalized spacial score (nSPS) is 19.5. The number of carbonyl (C=O) groups is 1. The van der Waals surface area contributed by atoms with Gasteiger partial charge in [0.25, 0.3) is 5.91 Å². The number of sulfonamides is 1. The predicted octanol–water partition coefficient (Wildman–Crippen LogP) is 2.13. The summed E-state index contributed by atoms with van der Waals surface area (Å²) in [7, 11) is -3.78. The molecule has 1 heterocycles. The lowest BCUT2D eigenvalue weighted by Gasteiger charge is -2.36. The first-order valence-electron chi connectivity index (χ1n) is 7.37. The molecule has 0 aromatic heterocycles. The number of nitrogens with zero attached hydrogens (tertiary/aromatic N) is 1. The number of benzene rings is 1. The molecule has 2 rings (SSSR count). The van der Waals surface area contributed by atoms with Crippen LogP contribution in [0.5, 0.6) is 0 Å². The van der Waals surface area contributed by atoms with Gasteiger partial charge in [-0.2, -0.15) is 0 Å². The molecule has 6 heteroatoms. The summed E-state index contributed by atoms with van der Waals surface area (Å²) < 4.78 is 22.8. The Morgan fingerprint density at radius 2 is 2.14 bits per heavy atom. The van der Waals surface area contributed by atoms with E-state index in [0.29, 0.717) is 5.56 Å². The standard InChI is InChI=1S/C15H22N2O3S/c1-2-6-13-8-3-4-10-17(13)15(18)12-7-5-9-14(11-12)21(16,19)20/h5,7,9,11,13H,2-4,6,8,10H2,1H3,(H2,16,19,20). The molecule has 0 radical (unpaired) electrons. The fourth-order valence-electron chi connectivity index (χ4n) is 2.87. The lowest BCUT2D eigenvalue weighted by atomic mass is 9.97. The van der Waals surface area contributed by atoms with E-state index in [1.54, 1.807) is 12.1 Å². The zero-order valence-electron chi connectivity index (χ0n) is 12.3. The first kappa shape index (κ1) is 16.0. The lowest BCUT2D eigenvalue weighted by Crippen LogP contribution is -2.43. The maximum Gasteiger partial charge on any atom is 0.254 e. The molecule has 1 saturated heterocycles. The van der Waals surface area contributed by atoms with Gasteiger partial charge < -0.3 is 4.90 Å². The molecule has 0 spiro atoms. The van der Waals surface area contributed by atoms with Crippen LogP contribution in [-0.2, 0) is 10.0 Å². The maximum atomic E-state index is 12.7. The first-order valence-corrected chi connectivity index (χ1v) is 8.92. The Bertz CT molecular complexity index is 611. The summed E-state index contributed by atoms with van der Waals surface area (Å²) in [6, 6.07) is 6.25. The fourth-order valence-corrected chi connectivity index (χ4v) is 3.43. The number of carbonyl (C=O) groups excluding carboxylic acids is 1. The van der Waals surface area contributed by atoms with Gasteiger partial charge in [-0.05, 0) is 43.9 Å². The van der Waals surface area contributed by atoms with Gasteiger partial charge in [-0.15, -0.1) is 0 Å². The Balaban J connectivity index is 2.26. The molecule has 5 nitrogen and oxygen atoms in total. The van der Waals surface area contributed by atoms with Crippen LogP contribution in [0.3, 0.4) is 0 Å². The van der Waals surface area contributed by atoms with Crippen molar-refractivity contribution in [1.29, 1.82) is 0 Å². The first-order chi connectivity index (χ1) is 9.93. The smallest absolute Gasteiger partial charge is 0.254 e. The molecule has 2 N–H and O–H groups in total. The molecule has 0 bridgehead atoms. The molecular formula is C15H22N2O3S.